The van der Waals surface area contributed by atoms with Gasteiger partial charge in [-0.2, -0.15) is 0 Å². The lowest BCUT2D eigenvalue weighted by Crippen LogP contribution is -2.36. The summed E-state index contributed by atoms with van der Waals surface area (Å²) in [5.74, 6) is -0.0490. The van der Waals surface area contributed by atoms with Crippen LogP contribution in [0.5, 0.6) is 0 Å². The van der Waals surface area contributed by atoms with Gasteiger partial charge in [0.2, 0.25) is 0 Å². The van der Waals surface area contributed by atoms with Gasteiger partial charge in [0.25, 0.3) is 5.91 Å². The normalized spacial score (nSPS) is 14.6. The Labute approximate surface area is 112 Å². The molecule has 4 nitrogen and oxygen atoms in total. The summed E-state index contributed by atoms with van der Waals surface area (Å²) < 4.78 is 5.04. The molecule has 0 N–H and O–H groups in total. The minimum Gasteiger partial charge on any atom is -0.383 e. The van der Waals surface area contributed by atoms with Crippen LogP contribution in [-0.4, -0.2) is 42.1 Å². The Morgan fingerprint density at radius 2 is 2.33 bits per heavy atom. The lowest BCUT2D eigenvalue weighted by Gasteiger charge is -2.22. The van der Waals surface area contributed by atoms with Crippen LogP contribution in [0, 0.1) is 6.92 Å². The quantitative estimate of drug-likeness (QED) is 0.823. The maximum Gasteiger partial charge on any atom is 0.257 e. The van der Waals surface area contributed by atoms with Gasteiger partial charge >= 0.3 is 0 Å². The number of nitrogens with zero attached hydrogens (tertiary/aromatic N) is 2. The summed E-state index contributed by atoms with van der Waals surface area (Å²) >= 11 is 6.11. The summed E-state index contributed by atoms with van der Waals surface area (Å²) in [5, 5.41) is 0.468. The van der Waals surface area contributed by atoms with E-state index in [4.69, 9.17) is 16.3 Å². The molecule has 1 aliphatic rings. The number of halogens is 1. The van der Waals surface area contributed by atoms with Crippen molar-refractivity contribution in [2.24, 2.45) is 0 Å². The van der Waals surface area contributed by atoms with Crippen LogP contribution in [-0.2, 0) is 4.74 Å². The molecule has 1 heterocycles. The summed E-state index contributed by atoms with van der Waals surface area (Å²) in [6, 6.07) is 2.06. The Morgan fingerprint density at radius 3 is 2.89 bits per heavy atom. The highest BCUT2D eigenvalue weighted by atomic mass is 35.5. The van der Waals surface area contributed by atoms with Crippen molar-refractivity contribution in [1.82, 2.24) is 9.88 Å². The summed E-state index contributed by atoms with van der Waals surface area (Å²) in [6.07, 6.45) is 3.68. The van der Waals surface area contributed by atoms with E-state index in [0.29, 0.717) is 29.8 Å². The largest absolute Gasteiger partial charge is 0.383 e. The number of carbonyl (C=O) groups excluding carboxylic acids is 1. The number of rotatable bonds is 5. The predicted octanol–water partition coefficient (Wildman–Crippen LogP) is 2.29. The number of aromatic nitrogens is 1. The van der Waals surface area contributed by atoms with E-state index in [-0.39, 0.29) is 5.91 Å². The van der Waals surface area contributed by atoms with E-state index in [2.05, 4.69) is 4.98 Å². The lowest BCUT2D eigenvalue weighted by atomic mass is 10.2. The van der Waals surface area contributed by atoms with Crippen molar-refractivity contribution in [1.29, 1.82) is 0 Å². The number of amides is 1. The Kier molecular flexibility index (Phi) is 4.19. The third-order valence-electron chi connectivity index (χ3n) is 3.01. The van der Waals surface area contributed by atoms with Crippen LogP contribution < -0.4 is 0 Å². The second kappa shape index (κ2) is 5.67. The highest BCUT2D eigenvalue weighted by Crippen LogP contribution is 2.29. The molecule has 1 saturated carbocycles. The number of pyridine rings is 1. The maximum absolute atomic E-state index is 12.4. The van der Waals surface area contributed by atoms with Gasteiger partial charge < -0.3 is 9.64 Å². The fourth-order valence-electron chi connectivity index (χ4n) is 1.86. The molecule has 1 aromatic heterocycles. The van der Waals surface area contributed by atoms with Crippen LogP contribution >= 0.6 is 11.6 Å². The third kappa shape index (κ3) is 3.00. The molecule has 0 spiro atoms. The highest BCUT2D eigenvalue weighted by Gasteiger charge is 2.33. The van der Waals surface area contributed by atoms with Crippen molar-refractivity contribution in [2.75, 3.05) is 20.3 Å². The van der Waals surface area contributed by atoms with Crippen LogP contribution in [0.4, 0.5) is 0 Å². The zero-order valence-electron chi connectivity index (χ0n) is 10.6. The summed E-state index contributed by atoms with van der Waals surface area (Å²) in [5.41, 5.74) is 1.29. The smallest absolute Gasteiger partial charge is 0.257 e. The Balaban J connectivity index is 2.16. The van der Waals surface area contributed by atoms with Crippen LogP contribution in [0.3, 0.4) is 0 Å². The molecule has 0 atom stereocenters. The molecule has 0 radical (unpaired) electrons. The second-order valence-corrected chi connectivity index (χ2v) is 4.94. The highest BCUT2D eigenvalue weighted by molar-refractivity contribution is 6.33. The van der Waals surface area contributed by atoms with Gasteiger partial charge in [-0.25, -0.2) is 0 Å². The molecule has 5 heteroatoms. The van der Waals surface area contributed by atoms with Crippen LogP contribution in [0.15, 0.2) is 12.3 Å². The number of aryl methyl sites for hydroxylation is 1. The minimum atomic E-state index is -0.0490. The number of hydrogen-bond acceptors (Lipinski definition) is 3. The van der Waals surface area contributed by atoms with Crippen molar-refractivity contribution in [3.8, 4) is 0 Å². The molecule has 1 aliphatic carbocycles. The van der Waals surface area contributed by atoms with Crippen LogP contribution in [0.25, 0.3) is 0 Å². The number of ether oxygens (including phenoxy) is 1. The minimum absolute atomic E-state index is 0.0490. The Morgan fingerprint density at radius 1 is 1.61 bits per heavy atom. The molecular formula is C13H17ClN2O2. The first-order valence-electron chi connectivity index (χ1n) is 6.05. The molecule has 18 heavy (non-hydrogen) atoms. The molecule has 1 aromatic rings. The van der Waals surface area contributed by atoms with E-state index in [1.807, 2.05) is 11.8 Å². The van der Waals surface area contributed by atoms with E-state index in [1.54, 1.807) is 19.4 Å². The third-order valence-corrected chi connectivity index (χ3v) is 3.32. The Bertz CT molecular complexity index is 447. The fourth-order valence-corrected chi connectivity index (χ4v) is 2.15. The molecule has 0 unspecified atom stereocenters. The monoisotopic (exact) mass is 268 g/mol. The SMILES string of the molecule is COCCN(C(=O)c1cnc(C)cc1Cl)C1CC1. The average Bonchev–Trinajstić information content (AvgIpc) is 3.13. The van der Waals surface area contributed by atoms with Crippen molar-refractivity contribution >= 4 is 17.5 Å². The van der Waals surface area contributed by atoms with E-state index in [1.165, 1.54) is 0 Å². The zero-order valence-corrected chi connectivity index (χ0v) is 11.4. The first-order chi connectivity index (χ1) is 8.63. The van der Waals surface area contributed by atoms with Gasteiger partial charge in [-0.1, -0.05) is 11.6 Å². The van der Waals surface area contributed by atoms with Crippen molar-refractivity contribution in [3.05, 3.63) is 28.5 Å². The van der Waals surface area contributed by atoms with Crippen molar-refractivity contribution in [3.63, 3.8) is 0 Å². The summed E-state index contributed by atoms with van der Waals surface area (Å²) in [7, 11) is 1.63. The van der Waals surface area contributed by atoms with E-state index in [9.17, 15) is 4.79 Å². The molecule has 0 bridgehead atoms. The van der Waals surface area contributed by atoms with Gasteiger partial charge in [-0.3, -0.25) is 9.78 Å². The van der Waals surface area contributed by atoms with Crippen molar-refractivity contribution in [2.45, 2.75) is 25.8 Å². The van der Waals surface area contributed by atoms with Gasteiger partial charge in [-0.15, -0.1) is 0 Å². The van der Waals surface area contributed by atoms with Gasteiger partial charge in [0.1, 0.15) is 0 Å². The molecule has 1 amide bonds. The molecule has 0 aliphatic heterocycles. The van der Waals surface area contributed by atoms with Gasteiger partial charge in [-0.05, 0) is 25.8 Å². The summed E-state index contributed by atoms with van der Waals surface area (Å²) in [4.78, 5) is 18.4. The first kappa shape index (κ1) is 13.3. The molecular weight excluding hydrogens is 252 g/mol. The lowest BCUT2D eigenvalue weighted by molar-refractivity contribution is 0.0680. The Hall–Kier alpha value is -1.13. The van der Waals surface area contributed by atoms with Crippen LogP contribution in [0.1, 0.15) is 28.9 Å². The zero-order chi connectivity index (χ0) is 13.1. The first-order valence-corrected chi connectivity index (χ1v) is 6.43. The number of hydrogen-bond donors (Lipinski definition) is 0. The van der Waals surface area contributed by atoms with E-state index < -0.39 is 0 Å². The molecule has 98 valence electrons. The molecule has 0 aromatic carbocycles. The van der Waals surface area contributed by atoms with E-state index in [0.717, 1.165) is 18.5 Å². The maximum atomic E-state index is 12.4. The van der Waals surface area contributed by atoms with Crippen molar-refractivity contribution < 1.29 is 9.53 Å². The fraction of sp³-hybridized carbons (Fsp3) is 0.538. The average molecular weight is 269 g/mol. The second-order valence-electron chi connectivity index (χ2n) is 4.53. The van der Waals surface area contributed by atoms with E-state index >= 15 is 0 Å². The molecule has 0 saturated heterocycles. The number of carbonyl (C=O) groups is 1. The predicted molar refractivity (Wildman–Crippen MR) is 69.9 cm³/mol. The van der Waals surface area contributed by atoms with Crippen LogP contribution in [0.2, 0.25) is 5.02 Å². The molecule has 1 fully saturated rings. The molecule has 2 rings (SSSR count). The number of methoxy groups -OCH3 is 1. The topological polar surface area (TPSA) is 42.4 Å². The summed E-state index contributed by atoms with van der Waals surface area (Å²) in [6.45, 7) is 2.99. The van der Waals surface area contributed by atoms with Gasteiger partial charge in [0.15, 0.2) is 0 Å². The standard InChI is InChI=1S/C13H17ClN2O2/c1-9-7-12(14)11(8-15-9)13(17)16(5-6-18-2)10-3-4-10/h7-8,10H,3-6H2,1-2H3. The van der Waals surface area contributed by atoms with Gasteiger partial charge in [0.05, 0.1) is 17.2 Å². The van der Waals surface area contributed by atoms with Gasteiger partial charge in [0, 0.05) is 31.6 Å².